The molecule has 0 N–H and O–H groups in total. The Morgan fingerprint density at radius 1 is 0.422 bits per heavy atom. The fourth-order valence-electron chi connectivity index (χ4n) is 6.18. The van der Waals surface area contributed by atoms with E-state index in [1.807, 2.05) is 54.7 Å². The third kappa shape index (κ3) is 4.33. The molecule has 5 nitrogen and oxygen atoms in total. The fourth-order valence-corrected chi connectivity index (χ4v) is 6.18. The number of rotatable bonds is 4. The number of fused-ring (bicyclic) bond motifs is 5. The van der Waals surface area contributed by atoms with Gasteiger partial charge in [0.15, 0.2) is 17.5 Å². The van der Waals surface area contributed by atoms with Gasteiger partial charge < -0.3 is 4.42 Å². The van der Waals surface area contributed by atoms with E-state index >= 15 is 0 Å². The maximum Gasteiger partial charge on any atom is 0.165 e. The first kappa shape index (κ1) is 25.3. The number of nitrogens with zero attached hydrogens (tertiary/aromatic N) is 4. The van der Waals surface area contributed by atoms with E-state index in [1.54, 1.807) is 0 Å². The molecule has 0 saturated carbocycles. The van der Waals surface area contributed by atoms with Crippen molar-refractivity contribution in [1.82, 2.24) is 19.9 Å². The topological polar surface area (TPSA) is 64.7 Å². The quantitative estimate of drug-likeness (QED) is 0.209. The largest absolute Gasteiger partial charge is 0.456 e. The highest BCUT2D eigenvalue weighted by Crippen LogP contribution is 2.37. The molecule has 0 fully saturated rings. The smallest absolute Gasteiger partial charge is 0.165 e. The van der Waals surface area contributed by atoms with Crippen LogP contribution in [-0.2, 0) is 0 Å². The van der Waals surface area contributed by atoms with E-state index in [4.69, 9.17) is 24.4 Å². The summed E-state index contributed by atoms with van der Waals surface area (Å²) >= 11 is 0. The normalized spacial score (nSPS) is 11.6. The SMILES string of the molecule is c1ccc2ncc(-c3nc(-c4ccc(-c5cccc6ccccc56)cc4)nc(-c4cccc5oc6ccccc6c45)n3)cc2c1. The predicted molar refractivity (Wildman–Crippen MR) is 182 cm³/mol. The maximum absolute atomic E-state index is 6.20. The molecule has 3 heterocycles. The van der Waals surface area contributed by atoms with Gasteiger partial charge in [-0.3, -0.25) is 4.98 Å². The molecule has 0 amide bonds. The third-order valence-electron chi connectivity index (χ3n) is 8.37. The molecule has 9 aromatic rings. The van der Waals surface area contributed by atoms with Crippen molar-refractivity contribution in [3.05, 3.63) is 146 Å². The summed E-state index contributed by atoms with van der Waals surface area (Å²) in [5, 5.41) is 5.48. The minimum atomic E-state index is 0.566. The van der Waals surface area contributed by atoms with Gasteiger partial charge in [0.05, 0.1) is 5.52 Å². The molecule has 6 aromatic carbocycles. The van der Waals surface area contributed by atoms with Crippen molar-refractivity contribution < 1.29 is 4.42 Å². The van der Waals surface area contributed by atoms with Crippen molar-refractivity contribution in [2.75, 3.05) is 0 Å². The Kier molecular flexibility index (Phi) is 5.74. The van der Waals surface area contributed by atoms with Crippen LogP contribution in [-0.4, -0.2) is 19.9 Å². The van der Waals surface area contributed by atoms with Crippen molar-refractivity contribution in [1.29, 1.82) is 0 Å². The number of pyridine rings is 1. The highest BCUT2D eigenvalue weighted by atomic mass is 16.3. The van der Waals surface area contributed by atoms with Gasteiger partial charge in [-0.05, 0) is 46.2 Å². The van der Waals surface area contributed by atoms with E-state index in [0.717, 1.165) is 55.1 Å². The predicted octanol–water partition coefficient (Wildman–Crippen LogP) is 10.1. The van der Waals surface area contributed by atoms with E-state index < -0.39 is 0 Å². The van der Waals surface area contributed by atoms with Crippen LogP contribution in [0.3, 0.4) is 0 Å². The van der Waals surface area contributed by atoms with E-state index in [0.29, 0.717) is 17.5 Å². The van der Waals surface area contributed by atoms with Gasteiger partial charge in [0.25, 0.3) is 0 Å². The van der Waals surface area contributed by atoms with Gasteiger partial charge in [0.1, 0.15) is 11.2 Å². The number of para-hydroxylation sites is 2. The van der Waals surface area contributed by atoms with Crippen LogP contribution in [0.15, 0.2) is 150 Å². The molecular formula is C40H24N4O. The highest BCUT2D eigenvalue weighted by molar-refractivity contribution is 6.11. The summed E-state index contributed by atoms with van der Waals surface area (Å²) < 4.78 is 6.20. The van der Waals surface area contributed by atoms with Gasteiger partial charge in [-0.2, -0.15) is 0 Å². The number of hydrogen-bond acceptors (Lipinski definition) is 5. The first-order valence-electron chi connectivity index (χ1n) is 14.9. The molecule has 0 aliphatic rings. The van der Waals surface area contributed by atoms with Gasteiger partial charge in [-0.25, -0.2) is 15.0 Å². The molecule has 0 aliphatic heterocycles. The maximum atomic E-state index is 6.20. The zero-order valence-corrected chi connectivity index (χ0v) is 24.1. The first-order chi connectivity index (χ1) is 22.3. The Labute approximate surface area is 258 Å². The van der Waals surface area contributed by atoms with Gasteiger partial charge >= 0.3 is 0 Å². The molecule has 9 rings (SSSR count). The zero-order chi connectivity index (χ0) is 29.7. The summed E-state index contributed by atoms with van der Waals surface area (Å²) in [6.07, 6.45) is 1.84. The highest BCUT2D eigenvalue weighted by Gasteiger charge is 2.18. The number of furan rings is 1. The van der Waals surface area contributed by atoms with Gasteiger partial charge in [0, 0.05) is 39.0 Å². The van der Waals surface area contributed by atoms with Crippen molar-refractivity contribution in [2.45, 2.75) is 0 Å². The second kappa shape index (κ2) is 10.2. The van der Waals surface area contributed by atoms with Crippen LogP contribution in [0.5, 0.6) is 0 Å². The monoisotopic (exact) mass is 576 g/mol. The van der Waals surface area contributed by atoms with E-state index in [9.17, 15) is 0 Å². The van der Waals surface area contributed by atoms with E-state index in [2.05, 4.69) is 91.0 Å². The van der Waals surface area contributed by atoms with Crippen LogP contribution in [0.1, 0.15) is 0 Å². The lowest BCUT2D eigenvalue weighted by molar-refractivity contribution is 0.669. The lowest BCUT2D eigenvalue weighted by Crippen LogP contribution is -2.01. The summed E-state index contributed by atoms with van der Waals surface area (Å²) in [6.45, 7) is 0. The van der Waals surface area contributed by atoms with Crippen molar-refractivity contribution in [3.8, 4) is 45.3 Å². The Balaban J connectivity index is 1.23. The van der Waals surface area contributed by atoms with Gasteiger partial charge in [-0.15, -0.1) is 0 Å². The molecule has 0 radical (unpaired) electrons. The summed E-state index contributed by atoms with van der Waals surface area (Å²) in [5.41, 5.74) is 7.51. The van der Waals surface area contributed by atoms with Crippen molar-refractivity contribution in [3.63, 3.8) is 0 Å². The van der Waals surface area contributed by atoms with Gasteiger partial charge in [-0.1, -0.05) is 115 Å². The summed E-state index contributed by atoms with van der Waals surface area (Å²) in [4.78, 5) is 19.8. The van der Waals surface area contributed by atoms with Crippen LogP contribution in [0.4, 0.5) is 0 Å². The average Bonchev–Trinajstić information content (AvgIpc) is 3.50. The minimum absolute atomic E-state index is 0.566. The number of hydrogen-bond donors (Lipinski definition) is 0. The van der Waals surface area contributed by atoms with Crippen LogP contribution < -0.4 is 0 Å². The Bertz CT molecular complexity index is 2550. The molecular weight excluding hydrogens is 552 g/mol. The fraction of sp³-hybridized carbons (Fsp3) is 0. The molecule has 3 aromatic heterocycles. The second-order valence-electron chi connectivity index (χ2n) is 11.1. The summed E-state index contributed by atoms with van der Waals surface area (Å²) in [5.74, 6) is 1.74. The Hall–Kier alpha value is -6.20. The van der Waals surface area contributed by atoms with Crippen molar-refractivity contribution in [2.24, 2.45) is 0 Å². The lowest BCUT2D eigenvalue weighted by atomic mass is 9.97. The molecule has 45 heavy (non-hydrogen) atoms. The molecule has 0 atom stereocenters. The third-order valence-corrected chi connectivity index (χ3v) is 8.37. The number of aromatic nitrogens is 4. The number of benzene rings is 6. The standard InChI is InChI=1S/C40H24N4O/c1-3-12-30-25(9-1)11-7-14-31(30)26-19-21-27(22-20-26)38-42-39(29-23-28-10-2-5-16-34(28)41-24-29)44-40(43-38)33-15-8-18-36-37(33)32-13-4-6-17-35(32)45-36/h1-24H. The molecule has 0 aliphatic carbocycles. The molecule has 0 bridgehead atoms. The van der Waals surface area contributed by atoms with E-state index in [1.165, 1.54) is 16.3 Å². The first-order valence-corrected chi connectivity index (χ1v) is 14.9. The molecule has 0 saturated heterocycles. The summed E-state index contributed by atoms with van der Waals surface area (Å²) in [6, 6.07) is 47.6. The van der Waals surface area contributed by atoms with E-state index in [-0.39, 0.29) is 0 Å². The molecule has 0 unspecified atom stereocenters. The Morgan fingerprint density at radius 3 is 1.93 bits per heavy atom. The second-order valence-corrected chi connectivity index (χ2v) is 11.1. The van der Waals surface area contributed by atoms with Crippen LogP contribution in [0.2, 0.25) is 0 Å². The van der Waals surface area contributed by atoms with Crippen molar-refractivity contribution >= 4 is 43.6 Å². The van der Waals surface area contributed by atoms with Gasteiger partial charge in [0.2, 0.25) is 0 Å². The van der Waals surface area contributed by atoms with Crippen LogP contribution >= 0.6 is 0 Å². The summed E-state index contributed by atoms with van der Waals surface area (Å²) in [7, 11) is 0. The van der Waals surface area contributed by atoms with Crippen LogP contribution in [0, 0.1) is 0 Å². The molecule has 5 heteroatoms. The zero-order valence-electron chi connectivity index (χ0n) is 24.1. The Morgan fingerprint density at radius 2 is 1.04 bits per heavy atom. The molecule has 0 spiro atoms. The van der Waals surface area contributed by atoms with Crippen LogP contribution in [0.25, 0.3) is 88.9 Å². The average molecular weight is 577 g/mol. The molecule has 210 valence electrons. The lowest BCUT2D eigenvalue weighted by Gasteiger charge is -2.11. The minimum Gasteiger partial charge on any atom is -0.456 e.